The van der Waals surface area contributed by atoms with Gasteiger partial charge in [-0.3, -0.25) is 0 Å². The van der Waals surface area contributed by atoms with Gasteiger partial charge in [-0.25, -0.2) is 0 Å². The molecule has 0 aliphatic heterocycles. The molecule has 0 aromatic heterocycles. The molecule has 0 heterocycles. The van der Waals surface area contributed by atoms with Crippen LogP contribution in [0.4, 0.5) is 0 Å². The molecule has 2 N–H and O–H groups in total. The Kier molecular flexibility index (Phi) is 6.49. The lowest BCUT2D eigenvalue weighted by Gasteiger charge is -2.35. The number of nitrogens with one attached hydrogen (secondary N) is 1. The van der Waals surface area contributed by atoms with Crippen molar-refractivity contribution in [3.63, 3.8) is 0 Å². The van der Waals surface area contributed by atoms with Gasteiger partial charge in [0, 0.05) is 12.6 Å². The molecular weight excluding hydrogens is 236 g/mol. The molecule has 0 fully saturated rings. The van der Waals surface area contributed by atoms with Crippen LogP contribution in [0, 0.1) is 0 Å². The first-order valence-electron chi connectivity index (χ1n) is 7.19. The largest absolute Gasteiger partial charge is 0.394 e. The first-order valence-corrected chi connectivity index (χ1v) is 7.19. The van der Waals surface area contributed by atoms with E-state index in [4.69, 9.17) is 0 Å². The van der Waals surface area contributed by atoms with Gasteiger partial charge in [-0.05, 0) is 39.4 Å². The van der Waals surface area contributed by atoms with Crippen molar-refractivity contribution in [2.24, 2.45) is 0 Å². The maximum atomic E-state index is 9.87. The average molecular weight is 264 g/mol. The zero-order chi connectivity index (χ0) is 14.3. The quantitative estimate of drug-likeness (QED) is 0.756. The van der Waals surface area contributed by atoms with Crippen molar-refractivity contribution in [3.8, 4) is 0 Å². The van der Waals surface area contributed by atoms with Crippen LogP contribution in [0.5, 0.6) is 0 Å². The van der Waals surface area contributed by atoms with Crippen LogP contribution in [0.15, 0.2) is 30.3 Å². The fourth-order valence-electron chi connectivity index (χ4n) is 2.54. The van der Waals surface area contributed by atoms with Crippen LogP contribution < -0.4 is 5.32 Å². The van der Waals surface area contributed by atoms with Crippen molar-refractivity contribution in [2.75, 3.05) is 26.7 Å². The number of hydrogen-bond acceptors (Lipinski definition) is 3. The van der Waals surface area contributed by atoms with E-state index < -0.39 is 0 Å². The van der Waals surface area contributed by atoms with Crippen LogP contribution in [-0.4, -0.2) is 42.8 Å². The summed E-state index contributed by atoms with van der Waals surface area (Å²) in [6.07, 6.45) is 0.899. The Morgan fingerprint density at radius 3 is 2.32 bits per heavy atom. The van der Waals surface area contributed by atoms with Crippen LogP contribution in [-0.2, 0) is 5.54 Å². The van der Waals surface area contributed by atoms with Gasteiger partial charge in [-0.15, -0.1) is 0 Å². The van der Waals surface area contributed by atoms with E-state index in [2.05, 4.69) is 43.1 Å². The molecule has 0 spiro atoms. The normalized spacial score (nSPS) is 14.9. The number of likely N-dealkylation sites (N-methyl/N-ethyl adjacent to an activating group) is 1. The molecular formula is C16H28N2O. The molecule has 0 aliphatic rings. The molecule has 19 heavy (non-hydrogen) atoms. The summed E-state index contributed by atoms with van der Waals surface area (Å²) in [5.74, 6) is 0. The van der Waals surface area contributed by atoms with E-state index in [1.807, 2.05) is 25.2 Å². The van der Waals surface area contributed by atoms with E-state index in [1.165, 1.54) is 0 Å². The number of aliphatic hydroxyl groups excluding tert-OH is 1. The molecule has 1 unspecified atom stereocenters. The van der Waals surface area contributed by atoms with Gasteiger partial charge in [-0.2, -0.15) is 0 Å². The first kappa shape index (κ1) is 16.2. The highest BCUT2D eigenvalue weighted by Crippen LogP contribution is 2.25. The third kappa shape index (κ3) is 4.03. The van der Waals surface area contributed by atoms with Gasteiger partial charge >= 0.3 is 0 Å². The Morgan fingerprint density at radius 1 is 1.26 bits per heavy atom. The van der Waals surface area contributed by atoms with Gasteiger partial charge in [0.25, 0.3) is 0 Å². The lowest BCUT2D eigenvalue weighted by atomic mass is 9.87. The first-order chi connectivity index (χ1) is 9.09. The molecule has 1 aromatic rings. The second kappa shape index (κ2) is 7.63. The SMILES string of the molecule is CCN(CCC(CO)(NC)c1ccccc1)C(C)C. The maximum Gasteiger partial charge on any atom is 0.0678 e. The Bertz CT molecular complexity index is 347. The summed E-state index contributed by atoms with van der Waals surface area (Å²) in [5, 5.41) is 13.2. The molecule has 0 saturated carbocycles. The van der Waals surface area contributed by atoms with Crippen LogP contribution >= 0.6 is 0 Å². The van der Waals surface area contributed by atoms with Crippen molar-refractivity contribution in [1.82, 2.24) is 10.2 Å². The molecule has 0 bridgehead atoms. The molecule has 3 heteroatoms. The second-order valence-corrected chi connectivity index (χ2v) is 5.33. The summed E-state index contributed by atoms with van der Waals surface area (Å²) < 4.78 is 0. The molecule has 1 aromatic carbocycles. The van der Waals surface area contributed by atoms with Crippen molar-refractivity contribution in [1.29, 1.82) is 0 Å². The zero-order valence-corrected chi connectivity index (χ0v) is 12.7. The van der Waals surface area contributed by atoms with Gasteiger partial charge in [0.15, 0.2) is 0 Å². The molecule has 0 radical (unpaired) electrons. The summed E-state index contributed by atoms with van der Waals surface area (Å²) >= 11 is 0. The summed E-state index contributed by atoms with van der Waals surface area (Å²) in [5.41, 5.74) is 0.809. The Morgan fingerprint density at radius 2 is 1.89 bits per heavy atom. The van der Waals surface area contributed by atoms with Gasteiger partial charge in [0.1, 0.15) is 0 Å². The zero-order valence-electron chi connectivity index (χ0n) is 12.7. The molecule has 108 valence electrons. The predicted octanol–water partition coefficient (Wildman–Crippen LogP) is 2.21. The minimum Gasteiger partial charge on any atom is -0.394 e. The van der Waals surface area contributed by atoms with E-state index in [-0.39, 0.29) is 12.1 Å². The molecule has 1 rings (SSSR count). The number of aliphatic hydroxyl groups is 1. The molecule has 3 nitrogen and oxygen atoms in total. The van der Waals surface area contributed by atoms with E-state index in [0.717, 1.165) is 25.1 Å². The monoisotopic (exact) mass is 264 g/mol. The van der Waals surface area contributed by atoms with Gasteiger partial charge in [0.2, 0.25) is 0 Å². The van der Waals surface area contributed by atoms with E-state index >= 15 is 0 Å². The van der Waals surface area contributed by atoms with E-state index in [1.54, 1.807) is 0 Å². The minimum atomic E-state index is -0.344. The fraction of sp³-hybridized carbons (Fsp3) is 0.625. The number of rotatable bonds is 8. The van der Waals surface area contributed by atoms with E-state index in [9.17, 15) is 5.11 Å². The lowest BCUT2D eigenvalue weighted by Crippen LogP contribution is -2.47. The molecule has 0 aliphatic carbocycles. The highest BCUT2D eigenvalue weighted by Gasteiger charge is 2.30. The van der Waals surface area contributed by atoms with Crippen LogP contribution in [0.3, 0.4) is 0 Å². The lowest BCUT2D eigenvalue weighted by molar-refractivity contribution is 0.130. The van der Waals surface area contributed by atoms with Crippen molar-refractivity contribution >= 4 is 0 Å². The van der Waals surface area contributed by atoms with Gasteiger partial charge in [-0.1, -0.05) is 37.3 Å². The summed E-state index contributed by atoms with van der Waals surface area (Å²) in [7, 11) is 1.93. The Hall–Kier alpha value is -0.900. The van der Waals surface area contributed by atoms with Crippen LogP contribution in [0.1, 0.15) is 32.8 Å². The molecule has 0 amide bonds. The van der Waals surface area contributed by atoms with Gasteiger partial charge < -0.3 is 15.3 Å². The number of benzene rings is 1. The Balaban J connectivity index is 2.83. The van der Waals surface area contributed by atoms with E-state index in [0.29, 0.717) is 6.04 Å². The van der Waals surface area contributed by atoms with Crippen LogP contribution in [0.25, 0.3) is 0 Å². The average Bonchev–Trinajstić information content (AvgIpc) is 2.45. The highest BCUT2D eigenvalue weighted by atomic mass is 16.3. The topological polar surface area (TPSA) is 35.5 Å². The van der Waals surface area contributed by atoms with Crippen LogP contribution in [0.2, 0.25) is 0 Å². The van der Waals surface area contributed by atoms with Crippen molar-refractivity contribution in [3.05, 3.63) is 35.9 Å². The predicted molar refractivity (Wildman–Crippen MR) is 81.3 cm³/mol. The third-order valence-electron chi connectivity index (χ3n) is 4.04. The number of hydrogen-bond donors (Lipinski definition) is 2. The smallest absolute Gasteiger partial charge is 0.0678 e. The summed E-state index contributed by atoms with van der Waals surface area (Å²) in [6.45, 7) is 8.74. The molecule has 1 atom stereocenters. The second-order valence-electron chi connectivity index (χ2n) is 5.33. The summed E-state index contributed by atoms with van der Waals surface area (Å²) in [4.78, 5) is 2.42. The third-order valence-corrected chi connectivity index (χ3v) is 4.04. The van der Waals surface area contributed by atoms with Crippen molar-refractivity contribution < 1.29 is 5.11 Å². The highest BCUT2D eigenvalue weighted by molar-refractivity contribution is 5.24. The standard InChI is InChI=1S/C16H28N2O/c1-5-18(14(2)3)12-11-16(13-19,17-4)15-9-7-6-8-10-15/h6-10,14,17,19H,5,11-13H2,1-4H3. The van der Waals surface area contributed by atoms with Gasteiger partial charge in [0.05, 0.1) is 12.1 Å². The number of nitrogens with zero attached hydrogens (tertiary/aromatic N) is 1. The summed E-state index contributed by atoms with van der Waals surface area (Å²) in [6, 6.07) is 10.8. The van der Waals surface area contributed by atoms with Crippen molar-refractivity contribution in [2.45, 2.75) is 38.8 Å². The fourth-order valence-corrected chi connectivity index (χ4v) is 2.54. The molecule has 0 saturated heterocycles. The minimum absolute atomic E-state index is 0.114. The Labute approximate surface area is 117 Å². The maximum absolute atomic E-state index is 9.87.